The maximum atomic E-state index is 14.0. The molecule has 0 amide bonds. The summed E-state index contributed by atoms with van der Waals surface area (Å²) in [5, 5.41) is 12.3. The SMILES string of the molecule is CCOC(=O)C1=C(C)N=c2s/c(=C/c3ccccc3OCc3ccccc3Cl)c(=O)n2[C@@H]1c1ccc(C)c([N+](=O)[O-])c1. The summed E-state index contributed by atoms with van der Waals surface area (Å²) in [6, 6.07) is 18.4. The van der Waals surface area contributed by atoms with Gasteiger partial charge in [-0.3, -0.25) is 19.5 Å². The molecule has 0 aliphatic carbocycles. The summed E-state index contributed by atoms with van der Waals surface area (Å²) in [7, 11) is 0. The lowest BCUT2D eigenvalue weighted by Gasteiger charge is -2.24. The normalized spacial score (nSPS) is 14.8. The molecule has 0 fully saturated rings. The molecule has 11 heteroatoms. The number of benzene rings is 3. The Morgan fingerprint density at radius 3 is 2.62 bits per heavy atom. The van der Waals surface area contributed by atoms with Crippen LogP contribution in [0, 0.1) is 17.0 Å². The summed E-state index contributed by atoms with van der Waals surface area (Å²) in [4.78, 5) is 43.3. The van der Waals surface area contributed by atoms with E-state index < -0.39 is 22.5 Å². The van der Waals surface area contributed by atoms with Crippen LogP contribution in [0.1, 0.15) is 42.1 Å². The molecule has 5 rings (SSSR count). The van der Waals surface area contributed by atoms with Crippen molar-refractivity contribution < 1.29 is 19.2 Å². The number of nitro groups is 1. The van der Waals surface area contributed by atoms with Gasteiger partial charge in [-0.1, -0.05) is 71.5 Å². The number of aryl methyl sites for hydroxylation is 1. The number of ether oxygens (including phenoxy) is 2. The predicted octanol–water partition coefficient (Wildman–Crippen LogP) is 5.25. The van der Waals surface area contributed by atoms with Crippen LogP contribution in [-0.2, 0) is 16.1 Å². The Labute approximate surface area is 249 Å². The Morgan fingerprint density at radius 2 is 1.88 bits per heavy atom. The Hall–Kier alpha value is -4.54. The van der Waals surface area contributed by atoms with Crippen molar-refractivity contribution in [2.75, 3.05) is 6.61 Å². The molecule has 4 aromatic rings. The maximum Gasteiger partial charge on any atom is 0.338 e. The molecule has 0 unspecified atom stereocenters. The van der Waals surface area contributed by atoms with E-state index in [1.807, 2.05) is 36.4 Å². The lowest BCUT2D eigenvalue weighted by atomic mass is 9.94. The van der Waals surface area contributed by atoms with Crippen LogP contribution in [0.2, 0.25) is 5.02 Å². The topological polar surface area (TPSA) is 113 Å². The zero-order valence-electron chi connectivity index (χ0n) is 23.0. The van der Waals surface area contributed by atoms with Gasteiger partial charge in [-0.05, 0) is 44.5 Å². The van der Waals surface area contributed by atoms with Gasteiger partial charge in [0.15, 0.2) is 4.80 Å². The van der Waals surface area contributed by atoms with E-state index in [0.29, 0.717) is 42.5 Å². The predicted molar refractivity (Wildman–Crippen MR) is 160 cm³/mol. The Balaban J connectivity index is 1.64. The first kappa shape index (κ1) is 29.0. The summed E-state index contributed by atoms with van der Waals surface area (Å²) >= 11 is 7.45. The first-order valence-corrected chi connectivity index (χ1v) is 14.3. The highest BCUT2D eigenvalue weighted by Gasteiger charge is 2.34. The summed E-state index contributed by atoms with van der Waals surface area (Å²) < 4.78 is 13.1. The van der Waals surface area contributed by atoms with Gasteiger partial charge in [0.2, 0.25) is 0 Å². The Kier molecular flexibility index (Phi) is 8.37. The number of fused-ring (bicyclic) bond motifs is 1. The third-order valence-electron chi connectivity index (χ3n) is 6.81. The lowest BCUT2D eigenvalue weighted by Crippen LogP contribution is -2.40. The third-order valence-corrected chi connectivity index (χ3v) is 8.16. The second-order valence-corrected chi connectivity index (χ2v) is 10.9. The summed E-state index contributed by atoms with van der Waals surface area (Å²) in [6.45, 7) is 5.33. The fourth-order valence-electron chi connectivity index (χ4n) is 4.74. The number of esters is 1. The molecule has 1 aliphatic rings. The Bertz CT molecular complexity index is 1930. The van der Waals surface area contributed by atoms with E-state index in [-0.39, 0.29) is 24.5 Å². The highest BCUT2D eigenvalue weighted by Crippen LogP contribution is 2.33. The molecule has 0 spiro atoms. The molecule has 1 aromatic heterocycles. The number of allylic oxidation sites excluding steroid dienone is 1. The number of hydrogen-bond donors (Lipinski definition) is 0. The van der Waals surface area contributed by atoms with Gasteiger partial charge in [-0.15, -0.1) is 0 Å². The van der Waals surface area contributed by atoms with Crippen molar-refractivity contribution >= 4 is 40.7 Å². The van der Waals surface area contributed by atoms with E-state index in [2.05, 4.69) is 4.99 Å². The average molecular weight is 604 g/mol. The summed E-state index contributed by atoms with van der Waals surface area (Å²) in [6.07, 6.45) is 1.71. The van der Waals surface area contributed by atoms with E-state index in [1.54, 1.807) is 51.1 Å². The van der Waals surface area contributed by atoms with Crippen molar-refractivity contribution in [2.24, 2.45) is 4.99 Å². The van der Waals surface area contributed by atoms with E-state index in [9.17, 15) is 19.7 Å². The largest absolute Gasteiger partial charge is 0.488 e. The van der Waals surface area contributed by atoms with Crippen molar-refractivity contribution in [3.05, 3.63) is 135 Å². The fraction of sp³-hybridized carbons (Fsp3) is 0.194. The minimum Gasteiger partial charge on any atom is -0.488 e. The van der Waals surface area contributed by atoms with Crippen LogP contribution in [0.15, 0.2) is 87.8 Å². The van der Waals surface area contributed by atoms with Gasteiger partial charge in [-0.25, -0.2) is 9.79 Å². The second kappa shape index (κ2) is 12.1. The highest BCUT2D eigenvalue weighted by molar-refractivity contribution is 7.07. The fourth-order valence-corrected chi connectivity index (χ4v) is 5.97. The molecule has 0 saturated heterocycles. The number of hydrogen-bond acceptors (Lipinski definition) is 8. The molecule has 0 N–H and O–H groups in total. The van der Waals surface area contributed by atoms with Crippen molar-refractivity contribution in [3.63, 3.8) is 0 Å². The van der Waals surface area contributed by atoms with Gasteiger partial charge in [0.05, 0.1) is 33.4 Å². The minimum absolute atomic E-state index is 0.114. The van der Waals surface area contributed by atoms with Crippen LogP contribution in [0.4, 0.5) is 5.69 Å². The minimum atomic E-state index is -0.964. The molecular formula is C31H26ClN3O6S. The molecule has 2 heterocycles. The van der Waals surface area contributed by atoms with Crippen LogP contribution in [0.5, 0.6) is 5.75 Å². The smallest absolute Gasteiger partial charge is 0.338 e. The second-order valence-electron chi connectivity index (χ2n) is 9.52. The van der Waals surface area contributed by atoms with Crippen LogP contribution in [0.25, 0.3) is 6.08 Å². The first-order chi connectivity index (χ1) is 20.2. The molecular weight excluding hydrogens is 578 g/mol. The van der Waals surface area contributed by atoms with E-state index in [4.69, 9.17) is 21.1 Å². The van der Waals surface area contributed by atoms with Crippen molar-refractivity contribution in [2.45, 2.75) is 33.4 Å². The molecule has 1 aliphatic heterocycles. The molecule has 0 radical (unpaired) electrons. The van der Waals surface area contributed by atoms with E-state index >= 15 is 0 Å². The zero-order chi connectivity index (χ0) is 30.0. The number of carbonyl (C=O) groups is 1. The van der Waals surface area contributed by atoms with Crippen molar-refractivity contribution in [1.29, 1.82) is 0 Å². The number of thiazole rings is 1. The molecule has 0 bridgehead atoms. The quantitative estimate of drug-likeness (QED) is 0.154. The molecule has 9 nitrogen and oxygen atoms in total. The van der Waals surface area contributed by atoms with Crippen LogP contribution in [-0.4, -0.2) is 22.1 Å². The van der Waals surface area contributed by atoms with Crippen molar-refractivity contribution in [1.82, 2.24) is 4.57 Å². The molecule has 3 aromatic carbocycles. The summed E-state index contributed by atoms with van der Waals surface area (Å²) in [5.74, 6) is -0.0862. The van der Waals surface area contributed by atoms with Gasteiger partial charge in [0.25, 0.3) is 11.2 Å². The lowest BCUT2D eigenvalue weighted by molar-refractivity contribution is -0.385. The van der Waals surface area contributed by atoms with Crippen LogP contribution < -0.4 is 19.6 Å². The first-order valence-electron chi connectivity index (χ1n) is 13.1. The van der Waals surface area contributed by atoms with Crippen LogP contribution in [0.3, 0.4) is 0 Å². The highest BCUT2D eigenvalue weighted by atomic mass is 35.5. The van der Waals surface area contributed by atoms with Gasteiger partial charge in [0.1, 0.15) is 12.4 Å². The number of rotatable bonds is 8. The number of halogens is 1. The number of para-hydroxylation sites is 1. The van der Waals surface area contributed by atoms with E-state index in [1.165, 1.54) is 10.6 Å². The number of carbonyl (C=O) groups excluding carboxylic acids is 1. The molecule has 214 valence electrons. The van der Waals surface area contributed by atoms with Gasteiger partial charge < -0.3 is 9.47 Å². The molecule has 1 atom stereocenters. The van der Waals surface area contributed by atoms with Gasteiger partial charge >= 0.3 is 5.97 Å². The standard InChI is InChI=1S/C31H26ClN3O6S/c1-4-40-30(37)27-19(3)33-31-34(28(27)21-14-13-18(2)24(15-21)35(38)39)29(36)26(42-31)16-20-9-6-8-12-25(20)41-17-22-10-5-7-11-23(22)32/h5-16,28H,4,17H2,1-3H3/b26-16+/t28-/m1/s1. The van der Waals surface area contributed by atoms with Crippen molar-refractivity contribution in [3.8, 4) is 5.75 Å². The van der Waals surface area contributed by atoms with Gasteiger partial charge in [0, 0.05) is 27.8 Å². The van der Waals surface area contributed by atoms with E-state index in [0.717, 1.165) is 16.9 Å². The van der Waals surface area contributed by atoms with Gasteiger partial charge in [-0.2, -0.15) is 0 Å². The molecule has 0 saturated carbocycles. The maximum absolute atomic E-state index is 14.0. The number of nitro benzene ring substituents is 1. The summed E-state index contributed by atoms with van der Waals surface area (Å²) in [5.41, 5.74) is 2.36. The Morgan fingerprint density at radius 1 is 1.14 bits per heavy atom. The molecule has 42 heavy (non-hydrogen) atoms. The average Bonchev–Trinajstić information content (AvgIpc) is 3.26. The number of aromatic nitrogens is 1. The van der Waals surface area contributed by atoms with Crippen LogP contribution >= 0.6 is 22.9 Å². The third kappa shape index (κ3) is 5.63. The number of nitrogens with zero attached hydrogens (tertiary/aromatic N) is 3. The monoisotopic (exact) mass is 603 g/mol. The zero-order valence-corrected chi connectivity index (χ0v) is 24.6.